The van der Waals surface area contributed by atoms with Gasteiger partial charge in [-0.1, -0.05) is 29.0 Å². The first kappa shape index (κ1) is 11.6. The summed E-state index contributed by atoms with van der Waals surface area (Å²) in [7, 11) is 0. The van der Waals surface area contributed by atoms with Crippen LogP contribution in [0.2, 0.25) is 5.02 Å². The number of rotatable bonds is 2. The molecule has 1 aromatic heterocycles. The highest BCUT2D eigenvalue weighted by Crippen LogP contribution is 2.28. The molecule has 78 valence electrons. The summed E-state index contributed by atoms with van der Waals surface area (Å²) in [6, 6.07) is 5.83. The van der Waals surface area contributed by atoms with Crippen LogP contribution in [-0.2, 0) is 5.88 Å². The summed E-state index contributed by atoms with van der Waals surface area (Å²) in [6.07, 6.45) is 0. The van der Waals surface area contributed by atoms with Crippen molar-refractivity contribution in [3.63, 3.8) is 0 Å². The molecule has 0 saturated carbocycles. The number of halogens is 3. The highest BCUT2D eigenvalue weighted by atomic mass is 127. The molecule has 0 unspecified atom stereocenters. The molecule has 0 bridgehead atoms. The normalized spacial score (nSPS) is 10.6. The summed E-state index contributed by atoms with van der Waals surface area (Å²) in [5.41, 5.74) is 0.981. The summed E-state index contributed by atoms with van der Waals surface area (Å²) in [5.74, 6) is 0.399. The average Bonchev–Trinajstić information content (AvgIpc) is 2.70. The van der Waals surface area contributed by atoms with Gasteiger partial charge in [0.25, 0.3) is 0 Å². The molecular formula is C9H5Cl2IN2S. The monoisotopic (exact) mass is 370 g/mol. The Hall–Kier alpha value is 0.0900. The molecule has 15 heavy (non-hydrogen) atoms. The second-order valence-corrected chi connectivity index (χ2v) is 5.66. The van der Waals surface area contributed by atoms with Gasteiger partial charge in [0.2, 0.25) is 0 Å². The molecule has 1 aromatic carbocycles. The fourth-order valence-corrected chi connectivity index (χ4v) is 2.47. The largest absolute Gasteiger partial charge is 0.147 e. The van der Waals surface area contributed by atoms with E-state index in [2.05, 4.69) is 32.8 Å². The van der Waals surface area contributed by atoms with Crippen LogP contribution in [0.5, 0.6) is 0 Å². The molecule has 1 heterocycles. The number of benzene rings is 1. The smallest absolute Gasteiger partial charge is 0.142 e. The lowest BCUT2D eigenvalue weighted by Crippen LogP contribution is -1.79. The van der Waals surface area contributed by atoms with Crippen molar-refractivity contribution in [2.24, 2.45) is 0 Å². The van der Waals surface area contributed by atoms with Crippen molar-refractivity contribution in [2.75, 3.05) is 0 Å². The number of hydrogen-bond acceptors (Lipinski definition) is 3. The summed E-state index contributed by atoms with van der Waals surface area (Å²) in [5, 5.41) is 10.4. The zero-order chi connectivity index (χ0) is 10.8. The molecule has 0 N–H and O–H groups in total. The van der Waals surface area contributed by atoms with E-state index < -0.39 is 0 Å². The SMILES string of the molecule is ClCc1nnc(-c2ccc(I)c(Cl)c2)s1. The maximum atomic E-state index is 6.03. The molecule has 0 saturated heterocycles. The van der Waals surface area contributed by atoms with Gasteiger partial charge in [0.1, 0.15) is 10.0 Å². The van der Waals surface area contributed by atoms with Crippen molar-refractivity contribution in [3.05, 3.63) is 31.8 Å². The quantitative estimate of drug-likeness (QED) is 0.584. The van der Waals surface area contributed by atoms with Gasteiger partial charge in [-0.25, -0.2) is 0 Å². The first-order valence-corrected chi connectivity index (χ1v) is 6.85. The van der Waals surface area contributed by atoms with Crippen molar-refractivity contribution < 1.29 is 0 Å². The molecule has 6 heteroatoms. The molecule has 0 amide bonds. The maximum Gasteiger partial charge on any atom is 0.147 e. The minimum absolute atomic E-state index is 0.399. The van der Waals surface area contributed by atoms with Crippen molar-refractivity contribution in [1.29, 1.82) is 0 Å². The van der Waals surface area contributed by atoms with Gasteiger partial charge in [-0.05, 0) is 34.7 Å². The maximum absolute atomic E-state index is 6.03. The average molecular weight is 371 g/mol. The Kier molecular flexibility index (Phi) is 3.82. The third-order valence-electron chi connectivity index (χ3n) is 1.75. The van der Waals surface area contributed by atoms with Crippen LogP contribution in [-0.4, -0.2) is 10.2 Å². The highest BCUT2D eigenvalue weighted by Gasteiger charge is 2.07. The lowest BCUT2D eigenvalue weighted by molar-refractivity contribution is 1.04. The van der Waals surface area contributed by atoms with Crippen LogP contribution in [0.15, 0.2) is 18.2 Å². The van der Waals surface area contributed by atoms with Crippen molar-refractivity contribution in [2.45, 2.75) is 5.88 Å². The zero-order valence-electron chi connectivity index (χ0n) is 7.38. The number of nitrogens with zero attached hydrogens (tertiary/aromatic N) is 2. The molecule has 0 spiro atoms. The first-order chi connectivity index (χ1) is 7.20. The van der Waals surface area contributed by atoms with Crippen LogP contribution in [0.3, 0.4) is 0 Å². The minimum atomic E-state index is 0.399. The van der Waals surface area contributed by atoms with Crippen LogP contribution in [0.4, 0.5) is 0 Å². The van der Waals surface area contributed by atoms with Crippen molar-refractivity contribution in [3.8, 4) is 10.6 Å². The third kappa shape index (κ3) is 2.61. The van der Waals surface area contributed by atoms with E-state index in [1.54, 1.807) is 0 Å². The van der Waals surface area contributed by atoms with E-state index in [0.29, 0.717) is 5.88 Å². The zero-order valence-corrected chi connectivity index (χ0v) is 11.9. The van der Waals surface area contributed by atoms with E-state index >= 15 is 0 Å². The molecule has 0 fully saturated rings. The second-order valence-electron chi connectivity index (χ2n) is 2.76. The van der Waals surface area contributed by atoms with Crippen LogP contribution in [0.1, 0.15) is 5.01 Å². The molecule has 2 aromatic rings. The fourth-order valence-electron chi connectivity index (χ4n) is 1.05. The van der Waals surface area contributed by atoms with E-state index in [9.17, 15) is 0 Å². The minimum Gasteiger partial charge on any atom is -0.142 e. The molecule has 0 radical (unpaired) electrons. The molecule has 0 aliphatic carbocycles. The Labute approximate surface area is 115 Å². The van der Waals surface area contributed by atoms with Gasteiger partial charge in [0, 0.05) is 9.13 Å². The van der Waals surface area contributed by atoms with E-state index in [1.807, 2.05) is 18.2 Å². The summed E-state index contributed by atoms with van der Waals surface area (Å²) in [4.78, 5) is 0. The van der Waals surface area contributed by atoms with Gasteiger partial charge < -0.3 is 0 Å². The number of alkyl halides is 1. The van der Waals surface area contributed by atoms with Crippen molar-refractivity contribution in [1.82, 2.24) is 10.2 Å². The highest BCUT2D eigenvalue weighted by molar-refractivity contribution is 14.1. The fraction of sp³-hybridized carbons (Fsp3) is 0.111. The first-order valence-electron chi connectivity index (χ1n) is 4.04. The Bertz CT molecular complexity index is 487. The summed E-state index contributed by atoms with van der Waals surface area (Å²) in [6.45, 7) is 0. The summed E-state index contributed by atoms with van der Waals surface area (Å²) < 4.78 is 1.03. The van der Waals surface area contributed by atoms with Gasteiger partial charge >= 0.3 is 0 Å². The Morgan fingerprint density at radius 1 is 1.33 bits per heavy atom. The lowest BCUT2D eigenvalue weighted by atomic mass is 10.2. The Morgan fingerprint density at radius 3 is 2.73 bits per heavy atom. The van der Waals surface area contributed by atoms with Gasteiger partial charge in [-0.3, -0.25) is 0 Å². The predicted molar refractivity (Wildman–Crippen MR) is 72.6 cm³/mol. The molecule has 0 atom stereocenters. The number of hydrogen-bond donors (Lipinski definition) is 0. The van der Waals surface area contributed by atoms with Gasteiger partial charge in [0.05, 0.1) is 10.9 Å². The molecular weight excluding hydrogens is 366 g/mol. The van der Waals surface area contributed by atoms with Crippen LogP contribution >= 0.6 is 57.1 Å². The molecule has 2 rings (SSSR count). The standard InChI is InChI=1S/C9H5Cl2IN2S/c10-4-8-13-14-9(15-8)5-1-2-7(12)6(11)3-5/h1-3H,4H2. The topological polar surface area (TPSA) is 25.8 Å². The third-order valence-corrected chi connectivity index (χ3v) is 4.70. The van der Waals surface area contributed by atoms with Gasteiger partial charge in [-0.15, -0.1) is 21.8 Å². The van der Waals surface area contributed by atoms with Crippen LogP contribution < -0.4 is 0 Å². The molecule has 2 nitrogen and oxygen atoms in total. The van der Waals surface area contributed by atoms with Gasteiger partial charge in [-0.2, -0.15) is 0 Å². The second kappa shape index (κ2) is 4.95. The predicted octanol–water partition coefficient (Wildman–Crippen LogP) is 4.20. The summed E-state index contributed by atoms with van der Waals surface area (Å²) >= 11 is 15.4. The Morgan fingerprint density at radius 2 is 2.13 bits per heavy atom. The van der Waals surface area contributed by atoms with E-state index in [-0.39, 0.29) is 0 Å². The van der Waals surface area contributed by atoms with Crippen LogP contribution in [0.25, 0.3) is 10.6 Å². The Balaban J connectivity index is 2.40. The van der Waals surface area contributed by atoms with Crippen LogP contribution in [0, 0.1) is 3.57 Å². The van der Waals surface area contributed by atoms with E-state index in [4.69, 9.17) is 23.2 Å². The lowest BCUT2D eigenvalue weighted by Gasteiger charge is -1.98. The van der Waals surface area contributed by atoms with Gasteiger partial charge in [0.15, 0.2) is 0 Å². The van der Waals surface area contributed by atoms with Crippen molar-refractivity contribution >= 4 is 57.1 Å². The van der Waals surface area contributed by atoms with E-state index in [1.165, 1.54) is 11.3 Å². The number of aromatic nitrogens is 2. The molecule has 0 aliphatic heterocycles. The van der Waals surface area contributed by atoms with E-state index in [0.717, 1.165) is 24.2 Å². The molecule has 0 aliphatic rings.